The molecular formula is C5H14ClN3. The van der Waals surface area contributed by atoms with Crippen molar-refractivity contribution in [3.63, 3.8) is 0 Å². The molecule has 0 heterocycles. The first-order valence-corrected chi connectivity index (χ1v) is 2.34. The Kier molecular flexibility index (Phi) is 27.5. The van der Waals surface area contributed by atoms with Gasteiger partial charge < -0.3 is 10.2 Å². The molecule has 0 aromatic rings. The Balaban J connectivity index is -0.0000000800. The van der Waals surface area contributed by atoms with E-state index in [1.165, 1.54) is 4.90 Å². The maximum Gasteiger partial charge on any atom is 0.178 e. The first kappa shape index (κ1) is 15.8. The van der Waals surface area contributed by atoms with Gasteiger partial charge in [0.15, 0.2) is 6.19 Å². The third kappa shape index (κ3) is 97.6. The molecule has 0 rings (SSSR count). The maximum absolute atomic E-state index is 7.82. The number of nitriles is 1. The number of hydrogen-bond acceptors (Lipinski definition) is 3. The molecule has 0 unspecified atom stereocenters. The Morgan fingerprint density at radius 2 is 1.44 bits per heavy atom. The van der Waals surface area contributed by atoms with E-state index in [-0.39, 0.29) is 12.4 Å². The van der Waals surface area contributed by atoms with Crippen LogP contribution in [0.3, 0.4) is 0 Å². The molecule has 0 aromatic carbocycles. The lowest BCUT2D eigenvalue weighted by Gasteiger charge is -1.89. The monoisotopic (exact) mass is 151 g/mol. The van der Waals surface area contributed by atoms with Crippen molar-refractivity contribution in [2.24, 2.45) is 0 Å². The SMILES string of the molecule is CN(C)C#N.CNC.Cl. The molecule has 0 fully saturated rings. The largest absolute Gasteiger partial charge is 0.323 e. The van der Waals surface area contributed by atoms with E-state index in [1.807, 2.05) is 20.3 Å². The van der Waals surface area contributed by atoms with Crippen molar-refractivity contribution in [2.45, 2.75) is 0 Å². The summed E-state index contributed by atoms with van der Waals surface area (Å²) in [4.78, 5) is 1.43. The fraction of sp³-hybridized carbons (Fsp3) is 0.800. The number of hydrogen-bond donors (Lipinski definition) is 1. The molecule has 0 amide bonds. The zero-order valence-electron chi connectivity index (χ0n) is 6.30. The molecule has 0 aromatic heterocycles. The summed E-state index contributed by atoms with van der Waals surface area (Å²) < 4.78 is 0. The topological polar surface area (TPSA) is 39.1 Å². The van der Waals surface area contributed by atoms with Crippen molar-refractivity contribution < 1.29 is 0 Å². The Morgan fingerprint density at radius 1 is 1.33 bits per heavy atom. The van der Waals surface area contributed by atoms with Crippen LogP contribution in [0.2, 0.25) is 0 Å². The smallest absolute Gasteiger partial charge is 0.178 e. The van der Waals surface area contributed by atoms with Crippen molar-refractivity contribution in [1.82, 2.24) is 10.2 Å². The van der Waals surface area contributed by atoms with Crippen LogP contribution in [0.25, 0.3) is 0 Å². The van der Waals surface area contributed by atoms with Crippen LogP contribution in [0, 0.1) is 11.5 Å². The summed E-state index contributed by atoms with van der Waals surface area (Å²) in [5.74, 6) is 0. The van der Waals surface area contributed by atoms with Crippen molar-refractivity contribution >= 4 is 12.4 Å². The van der Waals surface area contributed by atoms with Crippen LogP contribution in [-0.2, 0) is 0 Å². The van der Waals surface area contributed by atoms with E-state index in [4.69, 9.17) is 5.26 Å². The first-order valence-electron chi connectivity index (χ1n) is 2.34. The first-order chi connectivity index (χ1) is 3.68. The van der Waals surface area contributed by atoms with Gasteiger partial charge in [-0.15, -0.1) is 12.4 Å². The second kappa shape index (κ2) is 15.6. The van der Waals surface area contributed by atoms with Gasteiger partial charge in [0.1, 0.15) is 0 Å². The van der Waals surface area contributed by atoms with E-state index in [0.717, 1.165) is 0 Å². The van der Waals surface area contributed by atoms with Gasteiger partial charge in [-0.1, -0.05) is 0 Å². The molecule has 3 nitrogen and oxygen atoms in total. The maximum atomic E-state index is 7.82. The molecule has 0 aliphatic rings. The van der Waals surface area contributed by atoms with Crippen molar-refractivity contribution in [3.05, 3.63) is 0 Å². The predicted molar refractivity (Wildman–Crippen MR) is 41.5 cm³/mol. The van der Waals surface area contributed by atoms with Gasteiger partial charge in [-0.3, -0.25) is 0 Å². The molecule has 1 N–H and O–H groups in total. The highest BCUT2D eigenvalue weighted by atomic mass is 35.5. The third-order valence-corrected chi connectivity index (χ3v) is 0.200. The second-order valence-electron chi connectivity index (χ2n) is 1.49. The van der Waals surface area contributed by atoms with E-state index in [2.05, 4.69) is 5.32 Å². The van der Waals surface area contributed by atoms with Crippen LogP contribution in [0.5, 0.6) is 0 Å². The Bertz CT molecular complexity index is 67.1. The molecule has 0 spiro atoms. The van der Waals surface area contributed by atoms with E-state index < -0.39 is 0 Å². The molecule has 56 valence electrons. The molecule has 0 radical (unpaired) electrons. The third-order valence-electron chi connectivity index (χ3n) is 0.200. The molecule has 9 heavy (non-hydrogen) atoms. The molecule has 4 heteroatoms. The Hall–Kier alpha value is -0.460. The standard InChI is InChI=1S/C3H6N2.C2H7N.ClH/c1-5(2)3-4;1-3-2;/h1-2H3;3H,1-2H3;1H. The van der Waals surface area contributed by atoms with Gasteiger partial charge in [0.05, 0.1) is 0 Å². The fourth-order valence-electron chi connectivity index (χ4n) is 0. The average molecular weight is 152 g/mol. The summed E-state index contributed by atoms with van der Waals surface area (Å²) in [6.07, 6.45) is 1.86. The van der Waals surface area contributed by atoms with E-state index >= 15 is 0 Å². The summed E-state index contributed by atoms with van der Waals surface area (Å²) in [7, 11) is 7.14. The van der Waals surface area contributed by atoms with Crippen molar-refractivity contribution in [2.75, 3.05) is 28.2 Å². The van der Waals surface area contributed by atoms with Gasteiger partial charge in [0.25, 0.3) is 0 Å². The molecule has 0 bridgehead atoms. The molecule has 0 saturated carbocycles. The van der Waals surface area contributed by atoms with E-state index in [9.17, 15) is 0 Å². The molecule has 0 saturated heterocycles. The van der Waals surface area contributed by atoms with Gasteiger partial charge in [-0.2, -0.15) is 5.26 Å². The van der Waals surface area contributed by atoms with Gasteiger partial charge in [0.2, 0.25) is 0 Å². The molecular weight excluding hydrogens is 138 g/mol. The summed E-state index contributed by atoms with van der Waals surface area (Å²) in [6, 6.07) is 0. The van der Waals surface area contributed by atoms with Crippen LogP contribution in [0.1, 0.15) is 0 Å². The number of rotatable bonds is 0. The summed E-state index contributed by atoms with van der Waals surface area (Å²) in [6.45, 7) is 0. The molecule has 0 atom stereocenters. The van der Waals surface area contributed by atoms with Crippen LogP contribution in [0.15, 0.2) is 0 Å². The Morgan fingerprint density at radius 3 is 1.44 bits per heavy atom. The Labute approximate surface area is 63.1 Å². The van der Waals surface area contributed by atoms with Gasteiger partial charge >= 0.3 is 0 Å². The number of halogens is 1. The number of nitrogens with zero attached hydrogens (tertiary/aromatic N) is 2. The lowest BCUT2D eigenvalue weighted by molar-refractivity contribution is 0.585. The van der Waals surface area contributed by atoms with Crippen LogP contribution in [0.4, 0.5) is 0 Å². The van der Waals surface area contributed by atoms with Crippen LogP contribution in [-0.4, -0.2) is 33.1 Å². The minimum absolute atomic E-state index is 0. The predicted octanol–water partition coefficient (Wildman–Crippen LogP) is 0.286. The molecule has 0 aliphatic heterocycles. The van der Waals surface area contributed by atoms with Crippen LogP contribution < -0.4 is 5.32 Å². The van der Waals surface area contributed by atoms with E-state index in [1.54, 1.807) is 14.1 Å². The fourth-order valence-corrected chi connectivity index (χ4v) is 0. The highest BCUT2D eigenvalue weighted by Gasteiger charge is 1.67. The highest BCUT2D eigenvalue weighted by molar-refractivity contribution is 5.85. The van der Waals surface area contributed by atoms with E-state index in [0.29, 0.717) is 0 Å². The normalized spacial score (nSPS) is 5.22. The minimum Gasteiger partial charge on any atom is -0.323 e. The van der Waals surface area contributed by atoms with Crippen molar-refractivity contribution in [1.29, 1.82) is 5.26 Å². The highest BCUT2D eigenvalue weighted by Crippen LogP contribution is 1.56. The summed E-state index contributed by atoms with van der Waals surface area (Å²) in [5.41, 5.74) is 0. The second-order valence-corrected chi connectivity index (χ2v) is 1.49. The summed E-state index contributed by atoms with van der Waals surface area (Å²) >= 11 is 0. The van der Waals surface area contributed by atoms with Crippen LogP contribution >= 0.6 is 12.4 Å². The minimum atomic E-state index is 0. The molecule has 0 aliphatic carbocycles. The number of nitrogens with one attached hydrogen (secondary N) is 1. The quantitative estimate of drug-likeness (QED) is 0.400. The average Bonchev–Trinajstić information content (AvgIpc) is 1.69. The zero-order valence-corrected chi connectivity index (χ0v) is 7.12. The zero-order chi connectivity index (χ0) is 6.99. The summed E-state index contributed by atoms with van der Waals surface area (Å²) in [5, 5.41) is 10.6. The van der Waals surface area contributed by atoms with Gasteiger partial charge in [0, 0.05) is 14.1 Å². The van der Waals surface area contributed by atoms with Crippen molar-refractivity contribution in [3.8, 4) is 6.19 Å². The lowest BCUT2D eigenvalue weighted by Crippen LogP contribution is -1.99. The van der Waals surface area contributed by atoms with Gasteiger partial charge in [-0.25, -0.2) is 0 Å². The van der Waals surface area contributed by atoms with Gasteiger partial charge in [-0.05, 0) is 14.1 Å². The lowest BCUT2D eigenvalue weighted by atomic mass is 11.0.